The summed E-state index contributed by atoms with van der Waals surface area (Å²) in [5, 5.41) is 2.72. The van der Waals surface area contributed by atoms with Crippen molar-refractivity contribution in [1.29, 1.82) is 0 Å². The maximum Gasteiger partial charge on any atom is 0.141 e. The van der Waals surface area contributed by atoms with E-state index in [-0.39, 0.29) is 0 Å². The molecule has 1 aliphatic heterocycles. The molecule has 1 aliphatic rings. The summed E-state index contributed by atoms with van der Waals surface area (Å²) in [6, 6.07) is 5.98. The minimum atomic E-state index is 0.542. The van der Waals surface area contributed by atoms with E-state index in [0.29, 0.717) is 10.8 Å². The van der Waals surface area contributed by atoms with Gasteiger partial charge in [-0.1, -0.05) is 11.6 Å². The number of fused-ring (bicyclic) bond motifs is 1. The smallest absolute Gasteiger partial charge is 0.141 e. The second-order valence-corrected chi connectivity index (χ2v) is 7.55. The van der Waals surface area contributed by atoms with Gasteiger partial charge in [0, 0.05) is 52.9 Å². The number of nitrogens with zero attached hydrogens (tertiary/aromatic N) is 3. The van der Waals surface area contributed by atoms with Crippen molar-refractivity contribution in [3.8, 4) is 22.8 Å². The van der Waals surface area contributed by atoms with Gasteiger partial charge in [0.1, 0.15) is 17.3 Å². The molecule has 3 heterocycles. The van der Waals surface area contributed by atoms with Gasteiger partial charge in [-0.15, -0.1) is 0 Å². The zero-order valence-corrected chi connectivity index (χ0v) is 17.4. The molecule has 0 aliphatic carbocycles. The van der Waals surface area contributed by atoms with Crippen LogP contribution in [0.4, 0.5) is 5.82 Å². The predicted octanol–water partition coefficient (Wildman–Crippen LogP) is 5.18. The molecule has 0 amide bonds. The molecule has 4 rings (SSSR count). The molecule has 2 aromatic heterocycles. The molecule has 0 N–H and O–H groups in total. The van der Waals surface area contributed by atoms with Crippen LogP contribution in [0.1, 0.15) is 24.1 Å². The first-order valence-corrected chi connectivity index (χ1v) is 9.85. The maximum absolute atomic E-state index is 6.72. The Bertz CT molecular complexity index is 1020. The molecule has 6 heteroatoms. The fraction of sp³-hybridized carbons (Fsp3) is 0.364. The zero-order chi connectivity index (χ0) is 19.8. The Hall–Kier alpha value is -2.53. The van der Waals surface area contributed by atoms with Crippen LogP contribution < -0.4 is 14.4 Å². The minimum Gasteiger partial charge on any atom is -0.496 e. The Labute approximate surface area is 170 Å². The molecule has 1 fully saturated rings. The van der Waals surface area contributed by atoms with E-state index >= 15 is 0 Å². The van der Waals surface area contributed by atoms with Gasteiger partial charge in [0.05, 0.1) is 24.9 Å². The zero-order valence-electron chi connectivity index (χ0n) is 16.7. The lowest BCUT2D eigenvalue weighted by Crippen LogP contribution is -2.19. The molecule has 28 heavy (non-hydrogen) atoms. The molecule has 0 spiro atoms. The molecule has 0 atom stereocenters. The van der Waals surface area contributed by atoms with E-state index in [2.05, 4.69) is 22.0 Å². The largest absolute Gasteiger partial charge is 0.496 e. The first kappa shape index (κ1) is 18.8. The van der Waals surface area contributed by atoms with Crippen LogP contribution >= 0.6 is 11.6 Å². The van der Waals surface area contributed by atoms with Gasteiger partial charge in [-0.25, -0.2) is 4.98 Å². The fourth-order valence-corrected chi connectivity index (χ4v) is 4.27. The summed E-state index contributed by atoms with van der Waals surface area (Å²) < 4.78 is 11.0. The summed E-state index contributed by atoms with van der Waals surface area (Å²) in [6.07, 6.45) is 4.28. The molecule has 0 unspecified atom stereocenters. The molecule has 1 aromatic carbocycles. The summed E-state index contributed by atoms with van der Waals surface area (Å²) in [4.78, 5) is 11.9. The highest BCUT2D eigenvalue weighted by atomic mass is 35.5. The summed E-state index contributed by atoms with van der Waals surface area (Å²) in [5.41, 5.74) is 3.56. The van der Waals surface area contributed by atoms with E-state index in [1.165, 1.54) is 12.8 Å². The van der Waals surface area contributed by atoms with Gasteiger partial charge in [0.15, 0.2) is 0 Å². The molecule has 5 nitrogen and oxygen atoms in total. The fourth-order valence-electron chi connectivity index (χ4n) is 3.90. The van der Waals surface area contributed by atoms with Crippen molar-refractivity contribution in [2.24, 2.45) is 0 Å². The summed E-state index contributed by atoms with van der Waals surface area (Å²) in [5.74, 6) is 2.29. The molecular weight excluding hydrogens is 374 g/mol. The Balaban J connectivity index is 2.01. The molecular formula is C22H24ClN3O2. The van der Waals surface area contributed by atoms with E-state index in [0.717, 1.165) is 57.9 Å². The van der Waals surface area contributed by atoms with Gasteiger partial charge in [-0.05, 0) is 38.8 Å². The predicted molar refractivity (Wildman–Crippen MR) is 114 cm³/mol. The third-order valence-electron chi connectivity index (χ3n) is 5.38. The number of ether oxygens (including phenoxy) is 2. The van der Waals surface area contributed by atoms with Crippen LogP contribution in [0, 0.1) is 13.8 Å². The normalized spacial score (nSPS) is 14.0. The Morgan fingerprint density at radius 1 is 1.00 bits per heavy atom. The highest BCUT2D eigenvalue weighted by Crippen LogP contribution is 2.43. The van der Waals surface area contributed by atoms with E-state index in [1.54, 1.807) is 14.2 Å². The summed E-state index contributed by atoms with van der Waals surface area (Å²) in [7, 11) is 3.26. The van der Waals surface area contributed by atoms with Crippen molar-refractivity contribution >= 4 is 28.2 Å². The van der Waals surface area contributed by atoms with Gasteiger partial charge in [-0.2, -0.15) is 0 Å². The molecule has 146 valence electrons. The van der Waals surface area contributed by atoms with Crippen LogP contribution in [0.3, 0.4) is 0 Å². The summed E-state index contributed by atoms with van der Waals surface area (Å²) >= 11 is 6.72. The molecule has 0 bridgehead atoms. The van der Waals surface area contributed by atoms with E-state index in [4.69, 9.17) is 26.1 Å². The van der Waals surface area contributed by atoms with Crippen LogP contribution in [0.5, 0.6) is 11.5 Å². The second kappa shape index (κ2) is 7.47. The lowest BCUT2D eigenvalue weighted by atomic mass is 10.0. The second-order valence-electron chi connectivity index (χ2n) is 7.17. The van der Waals surface area contributed by atoms with Gasteiger partial charge < -0.3 is 14.4 Å². The molecule has 3 aromatic rings. The van der Waals surface area contributed by atoms with Crippen LogP contribution in [0.15, 0.2) is 24.4 Å². The number of pyridine rings is 2. The van der Waals surface area contributed by atoms with Gasteiger partial charge in [0.2, 0.25) is 0 Å². The number of halogens is 1. The Morgan fingerprint density at radius 3 is 2.39 bits per heavy atom. The third-order valence-corrected chi connectivity index (χ3v) is 5.75. The molecule has 0 saturated carbocycles. The Morgan fingerprint density at radius 2 is 1.71 bits per heavy atom. The topological polar surface area (TPSA) is 47.5 Å². The van der Waals surface area contributed by atoms with E-state index in [1.807, 2.05) is 26.1 Å². The minimum absolute atomic E-state index is 0.542. The van der Waals surface area contributed by atoms with Gasteiger partial charge >= 0.3 is 0 Å². The molecule has 0 radical (unpaired) electrons. The number of hydrogen-bond donors (Lipinski definition) is 0. The average Bonchev–Trinajstić information content (AvgIpc) is 3.22. The van der Waals surface area contributed by atoms with Gasteiger partial charge in [-0.3, -0.25) is 4.98 Å². The number of aryl methyl sites for hydroxylation is 1. The first-order chi connectivity index (χ1) is 13.5. The van der Waals surface area contributed by atoms with Crippen LogP contribution in [0.25, 0.3) is 22.0 Å². The number of benzene rings is 1. The van der Waals surface area contributed by atoms with Crippen molar-refractivity contribution in [2.75, 3.05) is 32.2 Å². The number of methoxy groups -OCH3 is 2. The van der Waals surface area contributed by atoms with Crippen LogP contribution in [-0.4, -0.2) is 37.3 Å². The SMILES string of the molecule is COc1cc(OC)c(Cl)c(-c2cc3cnc(C)cc3c(N3CCCC3)n2)c1C. The number of rotatable bonds is 4. The maximum atomic E-state index is 6.72. The van der Waals surface area contributed by atoms with Crippen LogP contribution in [0.2, 0.25) is 5.02 Å². The van der Waals surface area contributed by atoms with Gasteiger partial charge in [0.25, 0.3) is 0 Å². The van der Waals surface area contributed by atoms with Crippen molar-refractivity contribution in [1.82, 2.24) is 9.97 Å². The number of hydrogen-bond acceptors (Lipinski definition) is 5. The highest BCUT2D eigenvalue weighted by Gasteiger charge is 2.22. The monoisotopic (exact) mass is 397 g/mol. The quantitative estimate of drug-likeness (QED) is 0.606. The standard InChI is InChI=1S/C22H24ClN3O2/c1-13-9-16-15(12-24-13)10-17(25-22(16)26-7-5-6-8-26)20-14(2)18(27-3)11-19(28-4)21(20)23/h9-12H,5-8H2,1-4H3. The average molecular weight is 398 g/mol. The van der Waals surface area contributed by atoms with E-state index in [9.17, 15) is 0 Å². The number of aromatic nitrogens is 2. The molecule has 1 saturated heterocycles. The van der Waals surface area contributed by atoms with Crippen LogP contribution in [-0.2, 0) is 0 Å². The van der Waals surface area contributed by atoms with Crippen molar-refractivity contribution in [3.05, 3.63) is 40.7 Å². The lowest BCUT2D eigenvalue weighted by molar-refractivity contribution is 0.393. The van der Waals surface area contributed by atoms with Crippen molar-refractivity contribution < 1.29 is 9.47 Å². The lowest BCUT2D eigenvalue weighted by Gasteiger charge is -2.21. The summed E-state index contributed by atoms with van der Waals surface area (Å²) in [6.45, 7) is 6.03. The van der Waals surface area contributed by atoms with Crippen molar-refractivity contribution in [2.45, 2.75) is 26.7 Å². The third kappa shape index (κ3) is 3.14. The first-order valence-electron chi connectivity index (χ1n) is 9.47. The van der Waals surface area contributed by atoms with E-state index < -0.39 is 0 Å². The number of anilines is 1. The van der Waals surface area contributed by atoms with Crippen molar-refractivity contribution in [3.63, 3.8) is 0 Å². The Kier molecular flexibility index (Phi) is 5.02. The highest BCUT2D eigenvalue weighted by molar-refractivity contribution is 6.35.